The second-order valence-electron chi connectivity index (χ2n) is 39.3. The van der Waals surface area contributed by atoms with Crippen LogP contribution < -0.4 is 47.7 Å². The van der Waals surface area contributed by atoms with Crippen molar-refractivity contribution in [1.82, 2.24) is 22.8 Å². The summed E-state index contributed by atoms with van der Waals surface area (Å²) < 4.78 is 61.4. The van der Waals surface area contributed by atoms with Gasteiger partial charge in [0.1, 0.15) is 0 Å². The van der Waals surface area contributed by atoms with Gasteiger partial charge in [-0.25, -0.2) is 0 Å². The Hall–Kier alpha value is -18.0. The lowest BCUT2D eigenvalue weighted by molar-refractivity contribution is 0.592. The summed E-state index contributed by atoms with van der Waals surface area (Å²) >= 11 is 1.85. The highest BCUT2D eigenvalue weighted by Crippen LogP contribution is 2.60. The summed E-state index contributed by atoms with van der Waals surface area (Å²) in [4.78, 5) is 0. The number of fused-ring (bicyclic) bond motifs is 30. The van der Waals surface area contributed by atoms with Crippen LogP contribution in [0.15, 0.2) is 534 Å². The minimum absolute atomic E-state index is 0.873. The van der Waals surface area contributed by atoms with Gasteiger partial charge in [-0.15, -0.1) is 11.3 Å². The summed E-state index contributed by atoms with van der Waals surface area (Å²) in [6, 6.07) is 188. The first-order valence-electron chi connectivity index (χ1n) is 51.0. The van der Waals surface area contributed by atoms with Gasteiger partial charge in [-0.1, -0.05) is 394 Å². The molecule has 29 aromatic rings. The van der Waals surface area contributed by atoms with Crippen LogP contribution in [0, 0.1) is 0 Å². The van der Waals surface area contributed by atoms with Gasteiger partial charge in [0.25, 0.3) is 0 Å². The van der Waals surface area contributed by atoms with E-state index in [-0.39, 0.29) is 0 Å². The van der Waals surface area contributed by atoms with Crippen molar-refractivity contribution < 1.29 is 13.7 Å². The van der Waals surface area contributed by atoms with E-state index in [1.807, 2.05) is 121 Å². The van der Waals surface area contributed by atoms with E-state index in [1.165, 1.54) is 86.0 Å². The van der Waals surface area contributed by atoms with Gasteiger partial charge in [-0.3, -0.25) is 0 Å². The average molecular weight is 1990 g/mol. The van der Waals surface area contributed by atoms with Crippen LogP contribution in [0.25, 0.3) is 224 Å². The molecule has 704 valence electrons. The van der Waals surface area contributed by atoms with Crippen molar-refractivity contribution in [3.05, 3.63) is 534 Å². The van der Waals surface area contributed by atoms with E-state index >= 15 is 13.7 Å². The molecular formula is C138H88N5O3P3S. The maximum Gasteiger partial charge on any atom is 0.172 e. The van der Waals surface area contributed by atoms with Gasteiger partial charge in [0.05, 0.1) is 55.2 Å². The zero-order valence-corrected chi connectivity index (χ0v) is 84.5. The van der Waals surface area contributed by atoms with Gasteiger partial charge in [0.2, 0.25) is 0 Å². The van der Waals surface area contributed by atoms with Gasteiger partial charge >= 0.3 is 0 Å². The van der Waals surface area contributed by atoms with Gasteiger partial charge < -0.3 is 36.5 Å². The van der Waals surface area contributed by atoms with Crippen LogP contribution in [0.1, 0.15) is 0 Å². The normalized spacial score (nSPS) is 15.2. The maximum absolute atomic E-state index is 15.7. The highest BCUT2D eigenvalue weighted by atomic mass is 32.1. The van der Waals surface area contributed by atoms with Crippen LogP contribution in [0.5, 0.6) is 0 Å². The summed E-state index contributed by atoms with van der Waals surface area (Å²) in [7, 11) is -9.43. The molecule has 12 heteroatoms. The van der Waals surface area contributed by atoms with E-state index in [0.717, 1.165) is 186 Å². The summed E-state index contributed by atoms with van der Waals surface area (Å²) in [5.41, 5.74) is 30.3. The number of para-hydroxylation sites is 7. The quantitative estimate of drug-likeness (QED) is 0.121. The van der Waals surface area contributed by atoms with E-state index in [2.05, 4.69) is 447 Å². The first-order valence-corrected chi connectivity index (χ1v) is 56.9. The number of rotatable bonds is 11. The van der Waals surface area contributed by atoms with Crippen LogP contribution in [-0.4, -0.2) is 22.8 Å². The van der Waals surface area contributed by atoms with Gasteiger partial charge in [-0.05, 0) is 206 Å². The molecule has 6 aromatic heterocycles. The molecule has 0 saturated carbocycles. The molecule has 0 N–H and O–H groups in total. The first-order chi connectivity index (χ1) is 74.1. The Morgan fingerprint density at radius 3 is 0.833 bits per heavy atom. The Kier molecular flexibility index (Phi) is 20.0. The molecule has 8 nitrogen and oxygen atoms in total. The predicted octanol–water partition coefficient (Wildman–Crippen LogP) is 32.8. The van der Waals surface area contributed by atoms with Crippen molar-refractivity contribution in [1.29, 1.82) is 0 Å². The Morgan fingerprint density at radius 1 is 0.153 bits per heavy atom. The van der Waals surface area contributed by atoms with E-state index in [9.17, 15) is 0 Å². The molecule has 0 fully saturated rings. The fraction of sp³-hybridized carbons (Fsp3) is 0. The molecule has 0 amide bonds. The molecule has 0 spiro atoms. The number of thiophene rings is 1. The van der Waals surface area contributed by atoms with Crippen LogP contribution in [0.4, 0.5) is 0 Å². The molecule has 150 heavy (non-hydrogen) atoms. The van der Waals surface area contributed by atoms with Crippen LogP contribution in [0.3, 0.4) is 0 Å². The monoisotopic (exact) mass is 1990 g/mol. The number of nitrogens with zero attached hydrogens (tertiary/aromatic N) is 5. The predicted molar refractivity (Wildman–Crippen MR) is 635 cm³/mol. The second kappa shape index (κ2) is 34.3. The van der Waals surface area contributed by atoms with Crippen molar-refractivity contribution in [3.63, 3.8) is 0 Å². The molecule has 3 atom stereocenters. The molecule has 0 bridgehead atoms. The average Bonchev–Trinajstić information content (AvgIpc) is 1.53. The fourth-order valence-corrected chi connectivity index (χ4v) is 36.0. The molecule has 3 aliphatic heterocycles. The lowest BCUT2D eigenvalue weighted by atomic mass is 9.99. The minimum atomic E-state index is -3.16. The first kappa shape index (κ1) is 87.4. The molecule has 32 rings (SSSR count). The van der Waals surface area contributed by atoms with Crippen molar-refractivity contribution in [2.75, 3.05) is 0 Å². The summed E-state index contributed by atoms with van der Waals surface area (Å²) in [6.07, 6.45) is 0. The Bertz CT molecular complexity index is 10800. The summed E-state index contributed by atoms with van der Waals surface area (Å²) in [5, 5.41) is 22.4. The third-order valence-corrected chi connectivity index (χ3v) is 42.2. The van der Waals surface area contributed by atoms with E-state index in [1.54, 1.807) is 0 Å². The Balaban J connectivity index is 0.000000104. The van der Waals surface area contributed by atoms with Crippen LogP contribution in [0.2, 0.25) is 0 Å². The lowest BCUT2D eigenvalue weighted by Gasteiger charge is -2.17. The molecule has 3 aliphatic rings. The Labute approximate surface area is 868 Å². The standard InChI is InChI=1S/2C48H31N2OP.C42H26NOPS/c51-52(35-16-5-2-6-17-35)45-25-12-9-18-37(45)38-30-31-44-47(48(38)52)40-20-8-11-23-42(40)50(44)34-28-26-32(27-29-34)36-21-13-24-43-46(36)39-19-7-10-22-41(39)49(43)33-14-3-1-4-15-33;51-52(36-15-5-2-6-16-36)46-22-12-9-18-38(46)39-28-30-45-47(48(39)52)40-19-8-11-21-43(40)50(45)35-26-23-32(24-27-35)33-25-29-44-41(31-33)37-17-7-10-20-42(37)49(44)34-13-3-1-4-14-34;44-45(30-10-2-1-3-11-30)38-16-8-5-12-31(38)34-24-25-37-41(42(34)45)35-14-4-7-15-36(35)43(37)29-21-18-27(19-22-29)28-20-23-33-32-13-6-9-17-39(32)46-40(33)26-28/h2*1-31H;1-26H. The molecule has 0 saturated heterocycles. The van der Waals surface area contributed by atoms with Crippen LogP contribution >= 0.6 is 32.8 Å². The second-order valence-corrected chi connectivity index (χ2v) is 48.3. The highest BCUT2D eigenvalue weighted by Gasteiger charge is 2.46. The molecular weight excluding hydrogens is 1900 g/mol. The smallest absolute Gasteiger partial charge is 0.172 e. The molecule has 9 heterocycles. The van der Waals surface area contributed by atoms with Gasteiger partial charge in [-0.2, -0.15) is 0 Å². The number of hydrogen-bond donors (Lipinski definition) is 0. The number of aromatic nitrogens is 5. The fourth-order valence-electron chi connectivity index (χ4n) is 25.0. The molecule has 0 radical (unpaired) electrons. The zero-order valence-electron chi connectivity index (χ0n) is 81.0. The van der Waals surface area contributed by atoms with Gasteiger partial charge in [0.15, 0.2) is 21.4 Å². The van der Waals surface area contributed by atoms with E-state index in [0.29, 0.717) is 0 Å². The van der Waals surface area contributed by atoms with Crippen molar-refractivity contribution in [2.24, 2.45) is 0 Å². The van der Waals surface area contributed by atoms with E-state index in [4.69, 9.17) is 0 Å². The van der Waals surface area contributed by atoms with E-state index < -0.39 is 21.4 Å². The maximum atomic E-state index is 15.7. The largest absolute Gasteiger partial charge is 0.309 e. The van der Waals surface area contributed by atoms with Gasteiger partial charge in [0, 0.05) is 150 Å². The topological polar surface area (TPSA) is 75.9 Å². The molecule has 3 unspecified atom stereocenters. The highest BCUT2D eigenvalue weighted by molar-refractivity contribution is 7.88. The summed E-state index contributed by atoms with van der Waals surface area (Å²) in [6.45, 7) is 0. The number of benzene rings is 23. The van der Waals surface area contributed by atoms with Crippen LogP contribution in [-0.2, 0) is 13.7 Å². The third-order valence-electron chi connectivity index (χ3n) is 31.5. The lowest BCUT2D eigenvalue weighted by Crippen LogP contribution is -2.21. The molecule has 0 aliphatic carbocycles. The Morgan fingerprint density at radius 2 is 0.420 bits per heavy atom. The van der Waals surface area contributed by atoms with Crippen molar-refractivity contribution in [2.45, 2.75) is 0 Å². The number of hydrogen-bond acceptors (Lipinski definition) is 4. The SMILES string of the molecule is O=P1(c2ccccc2)c2ccccc2-c2ccc3c(c21)c1ccccc1n3-c1ccc(-c2ccc3c(c2)c2ccccc2n3-c2ccccc2)cc1.O=P1(c2ccccc2)c2ccccc2-c2ccc3c(c21)c1ccccc1n3-c1ccc(-c2ccc3c(c2)sc2ccccc23)cc1.O=P1(c2ccccc2)c2ccccc2-c2ccc3c(c21)c1ccccc1n3-c1ccc(-c2cccc3c2c2ccccc2n3-c2ccccc2)cc1. The van der Waals surface area contributed by atoms with Crippen molar-refractivity contribution >= 4 is 210 Å². The zero-order chi connectivity index (χ0) is 99.2. The molecule has 23 aromatic carbocycles. The summed E-state index contributed by atoms with van der Waals surface area (Å²) in [5.74, 6) is 0. The third kappa shape index (κ3) is 13.0. The van der Waals surface area contributed by atoms with Crippen molar-refractivity contribution in [3.8, 4) is 95.2 Å². The minimum Gasteiger partial charge on any atom is -0.309 e.